The summed E-state index contributed by atoms with van der Waals surface area (Å²) in [6.45, 7) is 10.0. The Morgan fingerprint density at radius 3 is 2.78 bits per heavy atom. The van der Waals surface area contributed by atoms with Crippen molar-refractivity contribution in [2.75, 3.05) is 32.8 Å². The summed E-state index contributed by atoms with van der Waals surface area (Å²) in [6, 6.07) is 0.881. The molecule has 0 radical (unpaired) electrons. The van der Waals surface area contributed by atoms with E-state index in [1.54, 1.807) is 0 Å². The second-order valence-corrected chi connectivity index (χ2v) is 5.26. The fourth-order valence-electron chi connectivity index (χ4n) is 1.99. The lowest BCUT2D eigenvalue weighted by Crippen LogP contribution is -2.46. The minimum Gasteiger partial charge on any atom is -0.379 e. The third-order valence-electron chi connectivity index (χ3n) is 3.08. The molecule has 0 spiro atoms. The zero-order chi connectivity index (χ0) is 13.4. The number of nitrogens with one attached hydrogen (secondary N) is 3. The molecule has 5 nitrogen and oxygen atoms in total. The van der Waals surface area contributed by atoms with Crippen LogP contribution in [-0.2, 0) is 9.53 Å². The van der Waals surface area contributed by atoms with Gasteiger partial charge in [0, 0.05) is 37.6 Å². The lowest BCUT2D eigenvalue weighted by molar-refractivity contribution is -0.123. The number of rotatable bonds is 7. The second-order valence-electron chi connectivity index (χ2n) is 5.26. The average molecular weight is 257 g/mol. The maximum atomic E-state index is 11.3. The molecule has 1 rings (SSSR count). The van der Waals surface area contributed by atoms with Gasteiger partial charge in [0.05, 0.1) is 13.2 Å². The number of amides is 1. The molecule has 2 unspecified atom stereocenters. The first kappa shape index (κ1) is 15.4. The van der Waals surface area contributed by atoms with Crippen molar-refractivity contribution in [1.29, 1.82) is 0 Å². The van der Waals surface area contributed by atoms with Crippen molar-refractivity contribution < 1.29 is 9.53 Å². The lowest BCUT2D eigenvalue weighted by Gasteiger charge is -2.26. The van der Waals surface area contributed by atoms with Crippen LogP contribution in [0.25, 0.3) is 0 Å². The summed E-state index contributed by atoms with van der Waals surface area (Å²) in [6.07, 6.45) is 1.05. The fourth-order valence-corrected chi connectivity index (χ4v) is 1.99. The molecule has 18 heavy (non-hydrogen) atoms. The summed E-state index contributed by atoms with van der Waals surface area (Å²) < 4.78 is 5.42. The molecule has 0 aromatic carbocycles. The molecule has 3 N–H and O–H groups in total. The highest BCUT2D eigenvalue weighted by Gasteiger charge is 2.15. The van der Waals surface area contributed by atoms with E-state index in [0.29, 0.717) is 18.6 Å². The second kappa shape index (κ2) is 8.45. The summed E-state index contributed by atoms with van der Waals surface area (Å²) in [7, 11) is 0. The van der Waals surface area contributed by atoms with Gasteiger partial charge in [-0.1, -0.05) is 13.8 Å². The first-order valence-corrected chi connectivity index (χ1v) is 6.91. The molecule has 2 atom stereocenters. The summed E-state index contributed by atoms with van der Waals surface area (Å²) >= 11 is 0. The van der Waals surface area contributed by atoms with Crippen molar-refractivity contribution in [2.45, 2.75) is 39.3 Å². The predicted molar refractivity (Wildman–Crippen MR) is 72.5 cm³/mol. The minimum atomic E-state index is 0.0611. The highest BCUT2D eigenvalue weighted by atomic mass is 16.5. The first-order valence-electron chi connectivity index (χ1n) is 6.91. The van der Waals surface area contributed by atoms with Crippen molar-refractivity contribution in [3.8, 4) is 0 Å². The Bertz CT molecular complexity index is 240. The molecule has 5 heteroatoms. The van der Waals surface area contributed by atoms with Crippen molar-refractivity contribution >= 4 is 5.91 Å². The fraction of sp³-hybridized carbons (Fsp3) is 0.923. The molecule has 1 aliphatic heterocycles. The number of hydrogen-bond donors (Lipinski definition) is 3. The van der Waals surface area contributed by atoms with Crippen LogP contribution >= 0.6 is 0 Å². The molecule has 1 heterocycles. The quantitative estimate of drug-likeness (QED) is 0.567. The van der Waals surface area contributed by atoms with E-state index in [4.69, 9.17) is 4.74 Å². The molecule has 106 valence electrons. The monoisotopic (exact) mass is 257 g/mol. The van der Waals surface area contributed by atoms with Gasteiger partial charge in [-0.2, -0.15) is 0 Å². The third-order valence-corrected chi connectivity index (χ3v) is 3.08. The molecule has 0 saturated carbocycles. The summed E-state index contributed by atoms with van der Waals surface area (Å²) in [5.41, 5.74) is 0. The zero-order valence-electron chi connectivity index (χ0n) is 11.8. The normalized spacial score (nSPS) is 21.9. The van der Waals surface area contributed by atoms with Crippen LogP contribution in [0, 0.1) is 5.92 Å². The number of hydrogen-bond acceptors (Lipinski definition) is 4. The average Bonchev–Trinajstić information content (AvgIpc) is 2.35. The predicted octanol–water partition coefficient (Wildman–Crippen LogP) is 0.115. The molecule has 0 aromatic rings. The molecular formula is C13H27N3O2. The van der Waals surface area contributed by atoms with Crippen LogP contribution in [0.4, 0.5) is 0 Å². The van der Waals surface area contributed by atoms with Crippen LogP contribution in [0.3, 0.4) is 0 Å². The largest absolute Gasteiger partial charge is 0.379 e. The molecule has 0 aromatic heterocycles. The van der Waals surface area contributed by atoms with Crippen molar-refractivity contribution in [2.24, 2.45) is 5.92 Å². The minimum absolute atomic E-state index is 0.0611. The Morgan fingerprint density at radius 1 is 1.39 bits per heavy atom. The summed E-state index contributed by atoms with van der Waals surface area (Å²) in [5, 5.41) is 9.75. The Labute approximate surface area is 110 Å². The van der Waals surface area contributed by atoms with Gasteiger partial charge in [0.25, 0.3) is 0 Å². The van der Waals surface area contributed by atoms with Crippen LogP contribution in [0.1, 0.15) is 27.2 Å². The van der Waals surface area contributed by atoms with E-state index >= 15 is 0 Å². The van der Waals surface area contributed by atoms with E-state index in [9.17, 15) is 4.79 Å². The maximum absolute atomic E-state index is 11.3. The molecule has 1 saturated heterocycles. The Kier molecular flexibility index (Phi) is 7.23. The van der Waals surface area contributed by atoms with E-state index in [-0.39, 0.29) is 11.8 Å². The SMILES string of the molecule is CC(CC1COCCN1)NCCNC(=O)C(C)C. The smallest absolute Gasteiger partial charge is 0.222 e. The van der Waals surface area contributed by atoms with Gasteiger partial charge < -0.3 is 20.7 Å². The van der Waals surface area contributed by atoms with Gasteiger partial charge in [0.1, 0.15) is 0 Å². The Morgan fingerprint density at radius 2 is 2.17 bits per heavy atom. The summed E-state index contributed by atoms with van der Waals surface area (Å²) in [5.74, 6) is 0.179. The van der Waals surface area contributed by atoms with Gasteiger partial charge in [-0.15, -0.1) is 0 Å². The van der Waals surface area contributed by atoms with Crippen LogP contribution in [0.5, 0.6) is 0 Å². The van der Waals surface area contributed by atoms with Gasteiger partial charge in [0.2, 0.25) is 5.91 Å². The van der Waals surface area contributed by atoms with Gasteiger partial charge in [-0.05, 0) is 13.3 Å². The Hall–Kier alpha value is -0.650. The van der Waals surface area contributed by atoms with Gasteiger partial charge in [0.15, 0.2) is 0 Å². The van der Waals surface area contributed by atoms with Crippen LogP contribution in [0.2, 0.25) is 0 Å². The van der Waals surface area contributed by atoms with E-state index in [0.717, 1.165) is 32.7 Å². The highest BCUT2D eigenvalue weighted by molar-refractivity contribution is 5.77. The van der Waals surface area contributed by atoms with Crippen molar-refractivity contribution in [1.82, 2.24) is 16.0 Å². The standard InChI is InChI=1S/C13H27N3O2/c1-10(2)13(17)16-5-4-14-11(3)8-12-9-18-7-6-15-12/h10-12,14-15H,4-9H2,1-3H3,(H,16,17). The van der Waals surface area contributed by atoms with E-state index in [1.807, 2.05) is 13.8 Å². The van der Waals surface area contributed by atoms with E-state index in [2.05, 4.69) is 22.9 Å². The zero-order valence-corrected chi connectivity index (χ0v) is 11.8. The van der Waals surface area contributed by atoms with Crippen LogP contribution < -0.4 is 16.0 Å². The molecule has 0 bridgehead atoms. The van der Waals surface area contributed by atoms with Crippen LogP contribution in [-0.4, -0.2) is 50.8 Å². The van der Waals surface area contributed by atoms with Crippen molar-refractivity contribution in [3.63, 3.8) is 0 Å². The molecule has 1 aliphatic rings. The van der Waals surface area contributed by atoms with Gasteiger partial charge in [-0.3, -0.25) is 4.79 Å². The maximum Gasteiger partial charge on any atom is 0.222 e. The lowest BCUT2D eigenvalue weighted by atomic mass is 10.1. The number of carbonyl (C=O) groups excluding carboxylic acids is 1. The number of carbonyl (C=O) groups is 1. The van der Waals surface area contributed by atoms with Crippen molar-refractivity contribution in [3.05, 3.63) is 0 Å². The van der Waals surface area contributed by atoms with E-state index < -0.39 is 0 Å². The van der Waals surface area contributed by atoms with E-state index in [1.165, 1.54) is 0 Å². The van der Waals surface area contributed by atoms with Crippen LogP contribution in [0.15, 0.2) is 0 Å². The molecule has 1 amide bonds. The highest BCUT2D eigenvalue weighted by Crippen LogP contribution is 2.02. The number of morpholine rings is 1. The number of ether oxygens (including phenoxy) is 1. The Balaban J connectivity index is 2.02. The van der Waals surface area contributed by atoms with Gasteiger partial charge >= 0.3 is 0 Å². The topological polar surface area (TPSA) is 62.4 Å². The van der Waals surface area contributed by atoms with Gasteiger partial charge in [-0.25, -0.2) is 0 Å². The third kappa shape index (κ3) is 6.33. The summed E-state index contributed by atoms with van der Waals surface area (Å²) in [4.78, 5) is 11.3. The molecular weight excluding hydrogens is 230 g/mol. The molecule has 0 aliphatic carbocycles. The first-order chi connectivity index (χ1) is 8.59. The molecule has 1 fully saturated rings.